The van der Waals surface area contributed by atoms with E-state index in [0.29, 0.717) is 33.4 Å². The van der Waals surface area contributed by atoms with Gasteiger partial charge in [0, 0.05) is 5.02 Å². The van der Waals surface area contributed by atoms with Gasteiger partial charge in [-0.2, -0.15) is 5.01 Å². The number of methoxy groups -OCH3 is 1. The summed E-state index contributed by atoms with van der Waals surface area (Å²) < 4.78 is 15.5. The number of nitrogens with one attached hydrogen (secondary N) is 1. The van der Waals surface area contributed by atoms with Crippen LogP contribution in [0.5, 0.6) is 5.75 Å². The van der Waals surface area contributed by atoms with Crippen molar-refractivity contribution in [1.29, 1.82) is 0 Å². The fourth-order valence-corrected chi connectivity index (χ4v) is 8.30. The summed E-state index contributed by atoms with van der Waals surface area (Å²) >= 11 is 12.6. The number of carbonyl (C=O) groups is 2. The van der Waals surface area contributed by atoms with E-state index in [1.165, 1.54) is 22.5 Å². The number of hydrazine groups is 1. The number of fused-ring (bicyclic) bond motifs is 4. The van der Waals surface area contributed by atoms with Crippen LogP contribution in [-0.4, -0.2) is 43.0 Å². The predicted molar refractivity (Wildman–Crippen MR) is 183 cm³/mol. The zero-order valence-electron chi connectivity index (χ0n) is 26.5. The summed E-state index contributed by atoms with van der Waals surface area (Å²) in [5.41, 5.74) is 2.04. The van der Waals surface area contributed by atoms with Gasteiger partial charge in [0.1, 0.15) is 29.3 Å². The lowest BCUT2D eigenvalue weighted by Crippen LogP contribution is -2.53. The van der Waals surface area contributed by atoms with E-state index in [-0.39, 0.29) is 29.4 Å². The molecule has 0 spiro atoms. The van der Waals surface area contributed by atoms with Crippen LogP contribution in [0.3, 0.4) is 0 Å². The van der Waals surface area contributed by atoms with Gasteiger partial charge in [0.05, 0.1) is 47.9 Å². The molecule has 254 valence electrons. The van der Waals surface area contributed by atoms with Crippen molar-refractivity contribution in [3.8, 4) is 11.4 Å². The first-order valence-corrected chi connectivity index (χ1v) is 16.6. The van der Waals surface area contributed by atoms with Gasteiger partial charge in [-0.25, -0.2) is 23.5 Å². The number of para-hydroxylation sites is 1. The molecule has 0 radical (unpaired) electrons. The van der Waals surface area contributed by atoms with Gasteiger partial charge >= 0.3 is 11.4 Å². The van der Waals surface area contributed by atoms with Crippen molar-refractivity contribution < 1.29 is 23.8 Å². The number of aliphatic hydroxyl groups is 1. The summed E-state index contributed by atoms with van der Waals surface area (Å²) in [4.78, 5) is 57.9. The average Bonchev–Trinajstić information content (AvgIpc) is 3.77. The fraction of sp³-hybridized carbons (Fsp3) is 0.222. The van der Waals surface area contributed by atoms with Gasteiger partial charge in [0.25, 0.3) is 11.8 Å². The van der Waals surface area contributed by atoms with Crippen LogP contribution in [0.2, 0.25) is 10.0 Å². The van der Waals surface area contributed by atoms with E-state index in [1.54, 1.807) is 78.9 Å². The van der Waals surface area contributed by atoms with Crippen LogP contribution >= 0.6 is 23.2 Å². The van der Waals surface area contributed by atoms with Crippen LogP contribution < -0.4 is 21.5 Å². The van der Waals surface area contributed by atoms with Crippen molar-refractivity contribution >= 4 is 40.7 Å². The number of nitrogens with zero attached hydrogens (tertiary/aromatic N) is 4. The van der Waals surface area contributed by atoms with Crippen molar-refractivity contribution in [2.24, 2.45) is 5.92 Å². The van der Waals surface area contributed by atoms with E-state index in [1.807, 2.05) is 6.08 Å². The Hall–Kier alpha value is -5.30. The summed E-state index contributed by atoms with van der Waals surface area (Å²) in [6, 6.07) is 22.6. The van der Waals surface area contributed by atoms with Gasteiger partial charge in [-0.05, 0) is 72.2 Å². The normalized spacial score (nSPS) is 22.5. The number of rotatable bonds is 7. The number of hydrogen-bond donors (Lipinski definition) is 2. The van der Waals surface area contributed by atoms with E-state index in [9.17, 15) is 19.5 Å². The van der Waals surface area contributed by atoms with Crippen molar-refractivity contribution in [3.63, 3.8) is 0 Å². The van der Waals surface area contributed by atoms with Gasteiger partial charge in [-0.3, -0.25) is 15.0 Å². The number of aliphatic hydroxyl groups excluding tert-OH is 1. The highest BCUT2D eigenvalue weighted by Gasteiger charge is 2.69. The Bertz CT molecular complexity index is 2320. The molecule has 12 nitrogen and oxygen atoms in total. The molecule has 2 N–H and O–H groups in total. The number of benzene rings is 3. The molecule has 5 aromatic rings. The summed E-state index contributed by atoms with van der Waals surface area (Å²) in [7, 11) is 1.53. The molecule has 8 rings (SSSR count). The SMILES string of the molecule is COc1ccc([C@@]23C(=O)N(Nc4ccc(Cl)cc4Cl)C(=O)[C@@H]2C[C@@H]2C(=CCn4c(=O)n(-c5ccccc5)c(=O)n42)[C@@H]3c2ccc(CO)o2)cc1. The van der Waals surface area contributed by atoms with Crippen molar-refractivity contribution in [3.05, 3.63) is 145 Å². The van der Waals surface area contributed by atoms with Crippen molar-refractivity contribution in [2.45, 2.75) is 36.9 Å². The van der Waals surface area contributed by atoms with Crippen LogP contribution in [0, 0.1) is 5.92 Å². The maximum Gasteiger partial charge on any atom is 0.352 e. The third-order valence-corrected chi connectivity index (χ3v) is 10.5. The second-order valence-electron chi connectivity index (χ2n) is 12.4. The van der Waals surface area contributed by atoms with E-state index in [4.69, 9.17) is 32.4 Å². The number of amides is 2. The molecule has 0 bridgehead atoms. The van der Waals surface area contributed by atoms with Gasteiger partial charge in [0.2, 0.25) is 0 Å². The highest BCUT2D eigenvalue weighted by atomic mass is 35.5. The van der Waals surface area contributed by atoms with E-state index in [2.05, 4.69) is 5.43 Å². The molecular formula is C36H29Cl2N5O7. The van der Waals surface area contributed by atoms with Gasteiger partial charge < -0.3 is 14.3 Å². The lowest BCUT2D eigenvalue weighted by atomic mass is 9.54. The number of furan rings is 1. The lowest BCUT2D eigenvalue weighted by molar-refractivity contribution is -0.138. The highest BCUT2D eigenvalue weighted by Crippen LogP contribution is 2.62. The molecule has 1 aliphatic carbocycles. The minimum atomic E-state index is -1.60. The second-order valence-corrected chi connectivity index (χ2v) is 13.2. The Balaban J connectivity index is 1.37. The zero-order chi connectivity index (χ0) is 34.9. The largest absolute Gasteiger partial charge is 0.497 e. The van der Waals surface area contributed by atoms with Crippen LogP contribution in [-0.2, 0) is 28.2 Å². The molecule has 3 aromatic carbocycles. The first-order chi connectivity index (χ1) is 24.2. The van der Waals surface area contributed by atoms with Crippen molar-refractivity contribution in [2.75, 3.05) is 12.5 Å². The highest BCUT2D eigenvalue weighted by molar-refractivity contribution is 6.36. The number of anilines is 1. The quantitative estimate of drug-likeness (QED) is 0.181. The lowest BCUT2D eigenvalue weighted by Gasteiger charge is -2.47. The van der Waals surface area contributed by atoms with E-state index >= 15 is 4.79 Å². The third kappa shape index (κ3) is 4.55. The molecule has 0 unspecified atom stereocenters. The number of ether oxygens (including phenoxy) is 1. The maximum absolute atomic E-state index is 15.2. The van der Waals surface area contributed by atoms with Crippen molar-refractivity contribution in [1.82, 2.24) is 18.9 Å². The number of imide groups is 1. The summed E-state index contributed by atoms with van der Waals surface area (Å²) in [6.45, 7) is -0.375. The fourth-order valence-electron chi connectivity index (χ4n) is 7.85. The number of carbonyl (C=O) groups excluding carboxylic acids is 2. The summed E-state index contributed by atoms with van der Waals surface area (Å²) in [5.74, 6) is -2.04. The molecule has 14 heteroatoms. The molecule has 2 aromatic heterocycles. The molecule has 1 saturated carbocycles. The Kier molecular flexibility index (Phi) is 7.62. The minimum absolute atomic E-state index is 0.00280. The molecule has 4 heterocycles. The Morgan fingerprint density at radius 3 is 2.40 bits per heavy atom. The Labute approximate surface area is 294 Å². The molecule has 3 aliphatic rings. The monoisotopic (exact) mass is 713 g/mol. The summed E-state index contributed by atoms with van der Waals surface area (Å²) in [5, 5.41) is 11.5. The topological polar surface area (TPSA) is 141 Å². The second kappa shape index (κ2) is 11.9. The molecule has 2 aliphatic heterocycles. The standard InChI is InChI=1S/C36H29Cl2N5O7/c1-49-23-10-7-20(8-11-23)36-26(32(45)42(33(36)46)39-28-13-9-21(37)17-27(28)38)18-29-25(31(36)30-14-12-24(19-44)50-30)15-16-40-34(47)41(35(48)43(29)40)22-5-3-2-4-6-22/h2-15,17,26,29,31,39,44H,16,18-19H2,1H3/t26-,29+,31+,36+/m0/s1. The third-order valence-electron chi connectivity index (χ3n) is 9.98. The van der Waals surface area contributed by atoms with Gasteiger partial charge in [-0.15, -0.1) is 0 Å². The van der Waals surface area contributed by atoms with Crippen LogP contribution in [0.25, 0.3) is 5.69 Å². The summed E-state index contributed by atoms with van der Waals surface area (Å²) in [6.07, 6.45) is 1.83. The molecule has 2 fully saturated rings. The first kappa shape index (κ1) is 31.9. The van der Waals surface area contributed by atoms with Crippen LogP contribution in [0.15, 0.2) is 111 Å². The number of halogens is 2. The minimum Gasteiger partial charge on any atom is -0.497 e. The van der Waals surface area contributed by atoms with E-state index < -0.39 is 53.1 Å². The zero-order valence-corrected chi connectivity index (χ0v) is 28.0. The number of aromatic nitrogens is 3. The van der Waals surface area contributed by atoms with Crippen LogP contribution in [0.4, 0.5) is 5.69 Å². The number of allylic oxidation sites excluding steroid dienone is 2. The molecule has 1 saturated heterocycles. The van der Waals surface area contributed by atoms with Crippen LogP contribution in [0.1, 0.15) is 35.5 Å². The van der Waals surface area contributed by atoms with E-state index in [0.717, 1.165) is 9.58 Å². The Morgan fingerprint density at radius 1 is 0.960 bits per heavy atom. The smallest absolute Gasteiger partial charge is 0.352 e. The molecule has 50 heavy (non-hydrogen) atoms. The van der Waals surface area contributed by atoms with Gasteiger partial charge in [-0.1, -0.05) is 59.6 Å². The average molecular weight is 715 g/mol. The Morgan fingerprint density at radius 2 is 1.72 bits per heavy atom. The molecule has 2 amide bonds. The number of hydrogen-bond acceptors (Lipinski definition) is 8. The predicted octanol–water partition coefficient (Wildman–Crippen LogP) is 4.82. The first-order valence-electron chi connectivity index (χ1n) is 15.8. The van der Waals surface area contributed by atoms with Gasteiger partial charge in [0.15, 0.2) is 0 Å². The maximum atomic E-state index is 15.2. The molecular weight excluding hydrogens is 685 g/mol. The molecule has 4 atom stereocenters.